The number of anilines is 1. The predicted molar refractivity (Wildman–Crippen MR) is 110 cm³/mol. The van der Waals surface area contributed by atoms with Crippen molar-refractivity contribution in [3.8, 4) is 0 Å². The van der Waals surface area contributed by atoms with E-state index < -0.39 is 6.10 Å². The van der Waals surface area contributed by atoms with Gasteiger partial charge in [-0.3, -0.25) is 0 Å². The topological polar surface area (TPSA) is 37.2 Å². The van der Waals surface area contributed by atoms with Crippen LogP contribution in [0.5, 0.6) is 0 Å². The number of hydrogen-bond donors (Lipinski definition) is 2. The first-order valence-corrected chi connectivity index (χ1v) is 9.08. The van der Waals surface area contributed by atoms with Crippen LogP contribution >= 0.6 is 0 Å². The minimum absolute atomic E-state index is 0.477. The summed E-state index contributed by atoms with van der Waals surface area (Å²) < 4.78 is 2.22. The van der Waals surface area contributed by atoms with E-state index in [-0.39, 0.29) is 0 Å². The average molecular weight is 344 g/mol. The molecular formula is C23H24N2O. The Balaban J connectivity index is 1.58. The second-order valence-corrected chi connectivity index (χ2v) is 7.00. The highest BCUT2D eigenvalue weighted by atomic mass is 16.3. The maximum atomic E-state index is 10.7. The van der Waals surface area contributed by atoms with Crippen LogP contribution in [0.2, 0.25) is 0 Å². The molecule has 0 radical (unpaired) electrons. The Kier molecular flexibility index (Phi) is 4.39. The van der Waals surface area contributed by atoms with Gasteiger partial charge in [0.05, 0.1) is 12.6 Å². The van der Waals surface area contributed by atoms with Gasteiger partial charge in [-0.25, -0.2) is 0 Å². The van der Waals surface area contributed by atoms with Gasteiger partial charge >= 0.3 is 0 Å². The lowest BCUT2D eigenvalue weighted by atomic mass is 10.1. The second-order valence-electron chi connectivity index (χ2n) is 7.00. The number of hydrogen-bond acceptors (Lipinski definition) is 2. The average Bonchev–Trinajstić information content (AvgIpc) is 2.95. The number of fused-ring (bicyclic) bond motifs is 3. The number of para-hydroxylation sites is 2. The van der Waals surface area contributed by atoms with Gasteiger partial charge in [-0.2, -0.15) is 0 Å². The minimum atomic E-state index is -0.477. The monoisotopic (exact) mass is 344 g/mol. The molecule has 0 aliphatic rings. The largest absolute Gasteiger partial charge is 0.389 e. The molecule has 0 amide bonds. The molecule has 1 unspecified atom stereocenters. The molecule has 3 aromatic carbocycles. The third-order valence-electron chi connectivity index (χ3n) is 4.98. The van der Waals surface area contributed by atoms with E-state index in [2.05, 4.69) is 90.5 Å². The molecule has 0 spiro atoms. The van der Waals surface area contributed by atoms with Gasteiger partial charge in [-0.15, -0.1) is 0 Å². The van der Waals surface area contributed by atoms with Crippen molar-refractivity contribution in [2.24, 2.45) is 0 Å². The second kappa shape index (κ2) is 6.85. The Morgan fingerprint density at radius 3 is 2.12 bits per heavy atom. The number of aromatic nitrogens is 1. The number of nitrogens with one attached hydrogen (secondary N) is 1. The van der Waals surface area contributed by atoms with Crippen molar-refractivity contribution in [1.29, 1.82) is 0 Å². The lowest BCUT2D eigenvalue weighted by Crippen LogP contribution is -2.25. The van der Waals surface area contributed by atoms with E-state index in [1.807, 2.05) is 0 Å². The number of aliphatic hydroxyl groups is 1. The zero-order valence-electron chi connectivity index (χ0n) is 15.2. The molecular weight excluding hydrogens is 320 g/mol. The number of benzene rings is 3. The van der Waals surface area contributed by atoms with Crippen LogP contribution in [-0.2, 0) is 6.54 Å². The zero-order valence-corrected chi connectivity index (χ0v) is 15.2. The van der Waals surface area contributed by atoms with Crippen molar-refractivity contribution >= 4 is 27.5 Å². The third-order valence-corrected chi connectivity index (χ3v) is 4.98. The van der Waals surface area contributed by atoms with Crippen molar-refractivity contribution in [3.05, 3.63) is 77.9 Å². The fraction of sp³-hybridized carbons (Fsp3) is 0.217. The lowest BCUT2D eigenvalue weighted by Gasteiger charge is -2.17. The van der Waals surface area contributed by atoms with Crippen LogP contribution < -0.4 is 5.32 Å². The smallest absolute Gasteiger partial charge is 0.0891 e. The predicted octanol–water partition coefficient (Wildman–Crippen LogP) is 4.88. The number of aliphatic hydroxyl groups excluding tert-OH is 1. The summed E-state index contributed by atoms with van der Waals surface area (Å²) >= 11 is 0. The van der Waals surface area contributed by atoms with Gasteiger partial charge in [0, 0.05) is 34.0 Å². The van der Waals surface area contributed by atoms with Crippen molar-refractivity contribution in [2.45, 2.75) is 26.5 Å². The van der Waals surface area contributed by atoms with E-state index in [0.29, 0.717) is 13.1 Å². The molecule has 0 saturated heterocycles. The van der Waals surface area contributed by atoms with Gasteiger partial charge in [0.2, 0.25) is 0 Å². The highest BCUT2D eigenvalue weighted by Gasteiger charge is 2.13. The van der Waals surface area contributed by atoms with Crippen molar-refractivity contribution < 1.29 is 5.11 Å². The third kappa shape index (κ3) is 3.06. The molecule has 132 valence electrons. The van der Waals surface area contributed by atoms with Gasteiger partial charge in [0.1, 0.15) is 0 Å². The first kappa shape index (κ1) is 16.7. The maximum absolute atomic E-state index is 10.7. The Morgan fingerprint density at radius 2 is 1.50 bits per heavy atom. The number of aryl methyl sites for hydroxylation is 2. The quantitative estimate of drug-likeness (QED) is 0.541. The Labute approximate surface area is 153 Å². The highest BCUT2D eigenvalue weighted by Crippen LogP contribution is 2.28. The van der Waals surface area contributed by atoms with Crippen molar-refractivity contribution in [3.63, 3.8) is 0 Å². The summed E-state index contributed by atoms with van der Waals surface area (Å²) in [4.78, 5) is 0. The fourth-order valence-electron chi connectivity index (χ4n) is 3.72. The Morgan fingerprint density at radius 1 is 0.885 bits per heavy atom. The molecule has 4 rings (SSSR count). The van der Waals surface area contributed by atoms with Crippen LogP contribution in [0.4, 0.5) is 5.69 Å². The summed E-state index contributed by atoms with van der Waals surface area (Å²) in [5.41, 5.74) is 5.86. The fourth-order valence-corrected chi connectivity index (χ4v) is 3.72. The standard InChI is InChI=1S/C23H24N2O/c1-16-11-12-21(17(2)13-16)24-14-18(26)15-25-22-9-5-3-7-19(22)20-8-4-6-10-23(20)25/h3-13,18,24,26H,14-15H2,1-2H3. The van der Waals surface area contributed by atoms with Gasteiger partial charge in [-0.05, 0) is 37.6 Å². The molecule has 1 heterocycles. The van der Waals surface area contributed by atoms with Crippen molar-refractivity contribution in [1.82, 2.24) is 4.57 Å². The van der Waals surface area contributed by atoms with E-state index in [0.717, 1.165) is 5.69 Å². The minimum Gasteiger partial charge on any atom is -0.389 e. The van der Waals surface area contributed by atoms with E-state index in [9.17, 15) is 5.11 Å². The molecule has 3 nitrogen and oxygen atoms in total. The Bertz CT molecular complexity index is 1010. The number of rotatable bonds is 5. The summed E-state index contributed by atoms with van der Waals surface area (Å²) in [5.74, 6) is 0. The molecule has 0 bridgehead atoms. The molecule has 0 aliphatic carbocycles. The summed E-state index contributed by atoms with van der Waals surface area (Å²) in [6.45, 7) is 5.26. The van der Waals surface area contributed by atoms with Gasteiger partial charge < -0.3 is 15.0 Å². The SMILES string of the molecule is Cc1ccc(NCC(O)Cn2c3ccccc3c3ccccc32)c(C)c1. The molecule has 26 heavy (non-hydrogen) atoms. The molecule has 2 N–H and O–H groups in total. The van der Waals surface area contributed by atoms with Crippen LogP contribution in [0.3, 0.4) is 0 Å². The highest BCUT2D eigenvalue weighted by molar-refractivity contribution is 6.07. The summed E-state index contributed by atoms with van der Waals surface area (Å²) in [5, 5.41) is 16.5. The van der Waals surface area contributed by atoms with Crippen LogP contribution in [-0.4, -0.2) is 22.3 Å². The van der Waals surface area contributed by atoms with E-state index in [4.69, 9.17) is 0 Å². The van der Waals surface area contributed by atoms with E-state index in [1.54, 1.807) is 0 Å². The molecule has 0 fully saturated rings. The first-order valence-electron chi connectivity index (χ1n) is 9.08. The maximum Gasteiger partial charge on any atom is 0.0891 e. The normalized spacial score (nSPS) is 12.6. The Hall–Kier alpha value is -2.78. The molecule has 1 aromatic heterocycles. The summed E-state index contributed by atoms with van der Waals surface area (Å²) in [6, 6.07) is 23.1. The van der Waals surface area contributed by atoms with Crippen LogP contribution in [0.25, 0.3) is 21.8 Å². The molecule has 1 atom stereocenters. The summed E-state index contributed by atoms with van der Waals surface area (Å²) in [6.07, 6.45) is -0.477. The van der Waals surface area contributed by atoms with Gasteiger partial charge in [0.15, 0.2) is 0 Å². The van der Waals surface area contributed by atoms with E-state index >= 15 is 0 Å². The van der Waals surface area contributed by atoms with E-state index in [1.165, 1.54) is 32.9 Å². The molecule has 4 aromatic rings. The van der Waals surface area contributed by atoms with Crippen molar-refractivity contribution in [2.75, 3.05) is 11.9 Å². The zero-order chi connectivity index (χ0) is 18.1. The first-order chi connectivity index (χ1) is 12.6. The van der Waals surface area contributed by atoms with Crippen LogP contribution in [0.1, 0.15) is 11.1 Å². The van der Waals surface area contributed by atoms with Crippen LogP contribution in [0, 0.1) is 13.8 Å². The van der Waals surface area contributed by atoms with Gasteiger partial charge in [-0.1, -0.05) is 54.1 Å². The van der Waals surface area contributed by atoms with Gasteiger partial charge in [0.25, 0.3) is 0 Å². The molecule has 0 aliphatic heterocycles. The lowest BCUT2D eigenvalue weighted by molar-refractivity contribution is 0.169. The molecule has 3 heteroatoms. The number of nitrogens with zero attached hydrogens (tertiary/aromatic N) is 1. The molecule has 0 saturated carbocycles. The summed E-state index contributed by atoms with van der Waals surface area (Å²) in [7, 11) is 0. The van der Waals surface area contributed by atoms with Crippen LogP contribution in [0.15, 0.2) is 66.7 Å².